The van der Waals surface area contributed by atoms with Crippen molar-refractivity contribution in [2.24, 2.45) is 0 Å². The molecule has 4 heteroatoms. The molecule has 1 fully saturated rings. The van der Waals surface area contributed by atoms with E-state index in [9.17, 15) is 9.90 Å². The number of hydrogen-bond acceptors (Lipinski definition) is 3. The van der Waals surface area contributed by atoms with Crippen molar-refractivity contribution < 1.29 is 5.11 Å². The molecule has 0 aliphatic carbocycles. The van der Waals surface area contributed by atoms with E-state index in [-0.39, 0.29) is 17.2 Å². The molecule has 2 rings (SSSR count). The lowest BCUT2D eigenvalue weighted by molar-refractivity contribution is 0.132. The number of hydrogen-bond donors (Lipinski definition) is 1. The van der Waals surface area contributed by atoms with E-state index in [2.05, 4.69) is 25.7 Å². The first-order chi connectivity index (χ1) is 9.52. The average molecular weight is 278 g/mol. The molecule has 1 aliphatic heterocycles. The summed E-state index contributed by atoms with van der Waals surface area (Å²) in [6.45, 7) is 8.27. The largest absolute Gasteiger partial charge is 0.503 e. The summed E-state index contributed by atoms with van der Waals surface area (Å²) in [6, 6.07) is 2.45. The van der Waals surface area contributed by atoms with Gasteiger partial charge in [0.1, 0.15) is 0 Å². The highest BCUT2D eigenvalue weighted by molar-refractivity contribution is 5.21. The Morgan fingerprint density at radius 2 is 2.15 bits per heavy atom. The van der Waals surface area contributed by atoms with Crippen LogP contribution >= 0.6 is 0 Å². The second-order valence-electron chi connectivity index (χ2n) is 6.04. The zero-order chi connectivity index (χ0) is 14.7. The van der Waals surface area contributed by atoms with Crippen LogP contribution in [0.5, 0.6) is 5.75 Å². The summed E-state index contributed by atoms with van der Waals surface area (Å²) >= 11 is 0. The van der Waals surface area contributed by atoms with Crippen LogP contribution in [-0.2, 0) is 6.54 Å². The number of nitrogens with zero attached hydrogens (tertiary/aromatic N) is 2. The van der Waals surface area contributed by atoms with Crippen LogP contribution in [0.15, 0.2) is 17.1 Å². The molecular weight excluding hydrogens is 252 g/mol. The summed E-state index contributed by atoms with van der Waals surface area (Å²) in [4.78, 5) is 14.2. The van der Waals surface area contributed by atoms with Crippen LogP contribution < -0.4 is 5.43 Å². The Morgan fingerprint density at radius 1 is 1.40 bits per heavy atom. The quantitative estimate of drug-likeness (QED) is 0.921. The molecule has 1 aromatic rings. The zero-order valence-electron chi connectivity index (χ0n) is 12.8. The van der Waals surface area contributed by atoms with Gasteiger partial charge in [0.05, 0.1) is 6.20 Å². The molecule has 0 amide bonds. The van der Waals surface area contributed by atoms with E-state index in [1.54, 1.807) is 12.3 Å². The molecule has 4 nitrogen and oxygen atoms in total. The van der Waals surface area contributed by atoms with Gasteiger partial charge < -0.3 is 9.67 Å². The summed E-state index contributed by atoms with van der Waals surface area (Å²) < 4.78 is 2.01. The molecule has 1 aromatic heterocycles. The molecule has 112 valence electrons. The van der Waals surface area contributed by atoms with Crippen molar-refractivity contribution in [3.63, 3.8) is 0 Å². The second-order valence-corrected chi connectivity index (χ2v) is 6.04. The van der Waals surface area contributed by atoms with Gasteiger partial charge in [-0.05, 0) is 39.7 Å². The Bertz CT molecular complexity index is 508. The predicted molar refractivity (Wildman–Crippen MR) is 81.1 cm³/mol. The van der Waals surface area contributed by atoms with E-state index >= 15 is 0 Å². The smallest absolute Gasteiger partial charge is 0.223 e. The van der Waals surface area contributed by atoms with E-state index in [1.165, 1.54) is 19.3 Å². The van der Waals surface area contributed by atoms with E-state index in [0.717, 1.165) is 25.2 Å². The summed E-state index contributed by atoms with van der Waals surface area (Å²) in [5, 5.41) is 9.63. The normalized spacial score (nSPS) is 20.5. The Hall–Kier alpha value is -1.29. The highest BCUT2D eigenvalue weighted by atomic mass is 16.3. The maximum absolute atomic E-state index is 11.7. The fourth-order valence-electron chi connectivity index (χ4n) is 3.12. The Morgan fingerprint density at radius 3 is 2.80 bits per heavy atom. The Labute approximate surface area is 121 Å². The lowest BCUT2D eigenvalue weighted by atomic mass is 10.00. The third-order valence-corrected chi connectivity index (χ3v) is 4.28. The first-order valence-corrected chi connectivity index (χ1v) is 7.71. The molecular formula is C16H26N2O2. The van der Waals surface area contributed by atoms with Crippen molar-refractivity contribution >= 4 is 0 Å². The maximum atomic E-state index is 11.7. The van der Waals surface area contributed by atoms with E-state index < -0.39 is 0 Å². The van der Waals surface area contributed by atoms with Crippen LogP contribution in [0.2, 0.25) is 0 Å². The van der Waals surface area contributed by atoms with Crippen LogP contribution in [0.25, 0.3) is 0 Å². The van der Waals surface area contributed by atoms with Crippen LogP contribution in [0.3, 0.4) is 0 Å². The molecule has 0 bridgehead atoms. The number of rotatable bonds is 4. The molecule has 2 heterocycles. The lowest BCUT2D eigenvalue weighted by Crippen LogP contribution is -2.39. The van der Waals surface area contributed by atoms with Gasteiger partial charge in [-0.1, -0.05) is 13.3 Å². The Balaban J connectivity index is 2.27. The summed E-state index contributed by atoms with van der Waals surface area (Å²) in [5.74, 6) is -0.159. The Kier molecular flexibility index (Phi) is 4.86. The number of piperidine rings is 1. The topological polar surface area (TPSA) is 45.5 Å². The van der Waals surface area contributed by atoms with Crippen molar-refractivity contribution in [1.82, 2.24) is 9.47 Å². The van der Waals surface area contributed by atoms with Crippen LogP contribution in [-0.4, -0.2) is 27.2 Å². The number of aromatic hydroxyl groups is 1. The molecule has 0 radical (unpaired) electrons. The minimum Gasteiger partial charge on any atom is -0.503 e. The highest BCUT2D eigenvalue weighted by Crippen LogP contribution is 2.22. The molecule has 1 aliphatic rings. The van der Waals surface area contributed by atoms with Gasteiger partial charge in [-0.3, -0.25) is 9.69 Å². The van der Waals surface area contributed by atoms with Gasteiger partial charge in [0.25, 0.3) is 0 Å². The van der Waals surface area contributed by atoms with Gasteiger partial charge in [0, 0.05) is 30.4 Å². The first-order valence-electron chi connectivity index (χ1n) is 7.71. The minimum atomic E-state index is -0.276. The van der Waals surface area contributed by atoms with Gasteiger partial charge in [-0.25, -0.2) is 0 Å². The fourth-order valence-corrected chi connectivity index (χ4v) is 3.12. The molecule has 0 aromatic carbocycles. The molecule has 0 saturated carbocycles. The molecule has 20 heavy (non-hydrogen) atoms. The second kappa shape index (κ2) is 6.44. The maximum Gasteiger partial charge on any atom is 0.223 e. The van der Waals surface area contributed by atoms with Crippen LogP contribution in [0.1, 0.15) is 58.2 Å². The van der Waals surface area contributed by atoms with Crippen molar-refractivity contribution in [3.05, 3.63) is 28.2 Å². The molecule has 1 atom stereocenters. The van der Waals surface area contributed by atoms with Crippen LogP contribution in [0.4, 0.5) is 0 Å². The lowest BCUT2D eigenvalue weighted by Gasteiger charge is -2.36. The predicted octanol–water partition coefficient (Wildman–Crippen LogP) is 2.90. The third kappa shape index (κ3) is 3.23. The van der Waals surface area contributed by atoms with E-state index in [0.29, 0.717) is 6.04 Å². The first kappa shape index (κ1) is 15.1. The van der Waals surface area contributed by atoms with E-state index in [1.807, 2.05) is 4.57 Å². The third-order valence-electron chi connectivity index (χ3n) is 4.28. The average Bonchev–Trinajstić information content (AvgIpc) is 2.43. The number of aromatic nitrogens is 1. The van der Waals surface area contributed by atoms with Crippen molar-refractivity contribution in [2.45, 2.75) is 65.1 Å². The molecule has 1 saturated heterocycles. The highest BCUT2D eigenvalue weighted by Gasteiger charge is 2.22. The molecule has 1 unspecified atom stereocenters. The SMILES string of the molecule is CCC1CCCCN1Cc1cc(=O)c(O)cn1C(C)C. The van der Waals surface area contributed by atoms with Gasteiger partial charge in [0.15, 0.2) is 5.75 Å². The van der Waals surface area contributed by atoms with Crippen molar-refractivity contribution in [3.8, 4) is 5.75 Å². The van der Waals surface area contributed by atoms with Gasteiger partial charge in [-0.15, -0.1) is 0 Å². The summed E-state index contributed by atoms with van der Waals surface area (Å²) in [6.07, 6.45) is 6.53. The van der Waals surface area contributed by atoms with Crippen molar-refractivity contribution in [2.75, 3.05) is 6.54 Å². The van der Waals surface area contributed by atoms with Crippen LogP contribution in [0, 0.1) is 0 Å². The summed E-state index contributed by atoms with van der Waals surface area (Å²) in [5.41, 5.74) is 0.727. The van der Waals surface area contributed by atoms with Gasteiger partial charge in [-0.2, -0.15) is 0 Å². The summed E-state index contributed by atoms with van der Waals surface area (Å²) in [7, 11) is 0. The molecule has 1 N–H and O–H groups in total. The minimum absolute atomic E-state index is 0.159. The molecule has 0 spiro atoms. The number of pyridine rings is 1. The van der Waals surface area contributed by atoms with Gasteiger partial charge in [0.2, 0.25) is 5.43 Å². The zero-order valence-corrected chi connectivity index (χ0v) is 12.8. The number of likely N-dealkylation sites (tertiary alicyclic amines) is 1. The van der Waals surface area contributed by atoms with Gasteiger partial charge >= 0.3 is 0 Å². The van der Waals surface area contributed by atoms with E-state index in [4.69, 9.17) is 0 Å². The van der Waals surface area contributed by atoms with Crippen molar-refractivity contribution in [1.29, 1.82) is 0 Å². The monoisotopic (exact) mass is 278 g/mol. The standard InChI is InChI=1S/C16H26N2O2/c1-4-13-7-5-6-8-17(13)10-14-9-15(19)16(20)11-18(14)12(2)3/h9,11-13,20H,4-8,10H2,1-3H3. The fraction of sp³-hybridized carbons (Fsp3) is 0.688.